The van der Waals surface area contributed by atoms with Gasteiger partial charge < -0.3 is 15.2 Å². The van der Waals surface area contributed by atoms with Gasteiger partial charge in [0.15, 0.2) is 0 Å². The number of benzene rings is 2. The topological polar surface area (TPSA) is 44.5 Å². The molecule has 0 aliphatic rings. The van der Waals surface area contributed by atoms with E-state index >= 15 is 0 Å². The summed E-state index contributed by atoms with van der Waals surface area (Å²) >= 11 is 5.71. The fraction of sp³-hybridized carbons (Fsp3) is 0.143. The lowest BCUT2D eigenvalue weighted by Gasteiger charge is -2.12. The molecule has 0 aliphatic carbocycles. The van der Waals surface area contributed by atoms with Crippen LogP contribution in [0.2, 0.25) is 5.02 Å². The predicted molar refractivity (Wildman–Crippen MR) is 72.4 cm³/mol. The van der Waals surface area contributed by atoms with Crippen LogP contribution in [-0.2, 0) is 6.54 Å². The van der Waals surface area contributed by atoms with Crippen LogP contribution in [0.25, 0.3) is 0 Å². The van der Waals surface area contributed by atoms with E-state index in [1.165, 1.54) is 18.2 Å². The fourth-order valence-electron chi connectivity index (χ4n) is 1.59. The maximum atomic E-state index is 13.1. The van der Waals surface area contributed by atoms with Crippen LogP contribution in [0.5, 0.6) is 17.2 Å². The largest absolute Gasteiger partial charge is 0.497 e. The molecule has 2 aromatic rings. The van der Waals surface area contributed by atoms with E-state index < -0.39 is 5.82 Å². The number of rotatable bonds is 4. The molecular formula is C14H13ClFNO2. The molecule has 5 heteroatoms. The zero-order valence-electron chi connectivity index (χ0n) is 10.3. The molecule has 2 rings (SSSR count). The number of methoxy groups -OCH3 is 1. The Balaban J connectivity index is 2.33. The Morgan fingerprint density at radius 3 is 2.53 bits per heavy atom. The van der Waals surface area contributed by atoms with Crippen molar-refractivity contribution in [1.29, 1.82) is 0 Å². The summed E-state index contributed by atoms with van der Waals surface area (Å²) in [5.41, 5.74) is 6.46. The molecule has 0 atom stereocenters. The summed E-state index contributed by atoms with van der Waals surface area (Å²) in [5, 5.41) is 0.00898. The molecule has 0 heterocycles. The Bertz CT molecular complexity index is 590. The van der Waals surface area contributed by atoms with Crippen molar-refractivity contribution in [3.8, 4) is 17.2 Å². The van der Waals surface area contributed by atoms with Crippen LogP contribution in [0.1, 0.15) is 5.56 Å². The van der Waals surface area contributed by atoms with Crippen molar-refractivity contribution < 1.29 is 13.9 Å². The number of nitrogens with two attached hydrogens (primary N) is 1. The molecule has 0 aliphatic heterocycles. The summed E-state index contributed by atoms with van der Waals surface area (Å²) in [4.78, 5) is 0. The van der Waals surface area contributed by atoms with Crippen molar-refractivity contribution >= 4 is 11.6 Å². The average Bonchev–Trinajstić information content (AvgIpc) is 2.43. The molecule has 0 bridgehead atoms. The number of halogens is 2. The van der Waals surface area contributed by atoms with E-state index in [1.807, 2.05) is 6.07 Å². The van der Waals surface area contributed by atoms with Gasteiger partial charge in [-0.2, -0.15) is 0 Å². The molecule has 2 aromatic carbocycles. The summed E-state index contributed by atoms with van der Waals surface area (Å²) in [6.07, 6.45) is 0. The Morgan fingerprint density at radius 1 is 1.16 bits per heavy atom. The van der Waals surface area contributed by atoms with Crippen LogP contribution in [0.15, 0.2) is 36.4 Å². The zero-order valence-corrected chi connectivity index (χ0v) is 11.1. The van der Waals surface area contributed by atoms with Gasteiger partial charge in [0, 0.05) is 24.2 Å². The van der Waals surface area contributed by atoms with E-state index in [-0.39, 0.29) is 5.02 Å². The molecule has 3 nitrogen and oxygen atoms in total. The number of hydrogen-bond donors (Lipinski definition) is 1. The van der Waals surface area contributed by atoms with E-state index in [0.29, 0.717) is 23.8 Å². The van der Waals surface area contributed by atoms with Crippen molar-refractivity contribution in [2.75, 3.05) is 7.11 Å². The third-order valence-electron chi connectivity index (χ3n) is 2.61. The van der Waals surface area contributed by atoms with E-state index in [2.05, 4.69) is 0 Å². The highest BCUT2D eigenvalue weighted by molar-refractivity contribution is 6.30. The molecule has 0 amide bonds. The first-order valence-corrected chi connectivity index (χ1v) is 6.01. The van der Waals surface area contributed by atoms with E-state index in [1.54, 1.807) is 19.2 Å². The fourth-order valence-corrected chi connectivity index (χ4v) is 1.76. The zero-order chi connectivity index (χ0) is 13.8. The van der Waals surface area contributed by atoms with Crippen molar-refractivity contribution in [3.05, 3.63) is 52.8 Å². The van der Waals surface area contributed by atoms with Gasteiger partial charge in [-0.3, -0.25) is 0 Å². The SMILES string of the molecule is COc1ccc(CN)c(Oc2ccc(F)c(Cl)c2)c1. The van der Waals surface area contributed by atoms with Gasteiger partial charge in [0.1, 0.15) is 23.1 Å². The van der Waals surface area contributed by atoms with Crippen LogP contribution in [0, 0.1) is 5.82 Å². The van der Waals surface area contributed by atoms with Gasteiger partial charge in [0.25, 0.3) is 0 Å². The quantitative estimate of drug-likeness (QED) is 0.928. The first kappa shape index (κ1) is 13.6. The monoisotopic (exact) mass is 281 g/mol. The molecule has 0 saturated heterocycles. The van der Waals surface area contributed by atoms with E-state index in [9.17, 15) is 4.39 Å². The van der Waals surface area contributed by atoms with Crippen LogP contribution in [0.4, 0.5) is 4.39 Å². The molecule has 0 unspecified atom stereocenters. The highest BCUT2D eigenvalue weighted by Gasteiger charge is 2.08. The highest BCUT2D eigenvalue weighted by Crippen LogP contribution is 2.31. The van der Waals surface area contributed by atoms with Gasteiger partial charge in [-0.1, -0.05) is 17.7 Å². The third-order valence-corrected chi connectivity index (χ3v) is 2.90. The number of ether oxygens (including phenoxy) is 2. The lowest BCUT2D eigenvalue weighted by Crippen LogP contribution is -2.00. The van der Waals surface area contributed by atoms with Crippen LogP contribution >= 0.6 is 11.6 Å². The van der Waals surface area contributed by atoms with Gasteiger partial charge in [0.05, 0.1) is 12.1 Å². The van der Waals surface area contributed by atoms with Gasteiger partial charge in [-0.15, -0.1) is 0 Å². The highest BCUT2D eigenvalue weighted by atomic mass is 35.5. The van der Waals surface area contributed by atoms with Gasteiger partial charge in [0.2, 0.25) is 0 Å². The summed E-state index contributed by atoms with van der Waals surface area (Å²) < 4.78 is 23.9. The first-order chi connectivity index (χ1) is 9.13. The Morgan fingerprint density at radius 2 is 1.89 bits per heavy atom. The second kappa shape index (κ2) is 5.91. The van der Waals surface area contributed by atoms with E-state index in [0.717, 1.165) is 5.56 Å². The Kier molecular flexibility index (Phi) is 4.24. The minimum Gasteiger partial charge on any atom is -0.497 e. The lowest BCUT2D eigenvalue weighted by atomic mass is 10.2. The van der Waals surface area contributed by atoms with Crippen LogP contribution in [0.3, 0.4) is 0 Å². The van der Waals surface area contributed by atoms with Crippen molar-refractivity contribution in [2.24, 2.45) is 5.73 Å². The molecule has 100 valence electrons. The number of hydrogen-bond acceptors (Lipinski definition) is 3. The molecule has 0 fully saturated rings. The average molecular weight is 282 g/mol. The molecule has 0 radical (unpaired) electrons. The molecule has 19 heavy (non-hydrogen) atoms. The maximum Gasteiger partial charge on any atom is 0.142 e. The van der Waals surface area contributed by atoms with Gasteiger partial charge in [-0.25, -0.2) is 4.39 Å². The molecular weight excluding hydrogens is 269 g/mol. The summed E-state index contributed by atoms with van der Waals surface area (Å²) in [7, 11) is 1.57. The van der Waals surface area contributed by atoms with Crippen LogP contribution in [-0.4, -0.2) is 7.11 Å². The molecule has 0 aromatic heterocycles. The summed E-state index contributed by atoms with van der Waals surface area (Å²) in [6, 6.07) is 9.50. The minimum absolute atomic E-state index is 0.00898. The predicted octanol–water partition coefficient (Wildman–Crippen LogP) is 3.74. The molecule has 0 saturated carbocycles. The van der Waals surface area contributed by atoms with Gasteiger partial charge in [-0.05, 0) is 18.2 Å². The second-order valence-electron chi connectivity index (χ2n) is 3.86. The molecule has 2 N–H and O–H groups in total. The second-order valence-corrected chi connectivity index (χ2v) is 4.26. The van der Waals surface area contributed by atoms with Crippen molar-refractivity contribution in [3.63, 3.8) is 0 Å². The Labute approximate surface area is 115 Å². The van der Waals surface area contributed by atoms with Gasteiger partial charge >= 0.3 is 0 Å². The maximum absolute atomic E-state index is 13.1. The molecule has 0 spiro atoms. The van der Waals surface area contributed by atoms with Crippen molar-refractivity contribution in [1.82, 2.24) is 0 Å². The summed E-state index contributed by atoms with van der Waals surface area (Å²) in [6.45, 7) is 0.328. The normalized spacial score (nSPS) is 10.3. The smallest absolute Gasteiger partial charge is 0.142 e. The van der Waals surface area contributed by atoms with E-state index in [4.69, 9.17) is 26.8 Å². The summed E-state index contributed by atoms with van der Waals surface area (Å²) in [5.74, 6) is 1.16. The third kappa shape index (κ3) is 3.16. The van der Waals surface area contributed by atoms with Crippen molar-refractivity contribution in [2.45, 2.75) is 6.54 Å². The van der Waals surface area contributed by atoms with Crippen LogP contribution < -0.4 is 15.2 Å². The minimum atomic E-state index is -0.487. The lowest BCUT2D eigenvalue weighted by molar-refractivity contribution is 0.408. The standard InChI is InChI=1S/C14H13ClFNO2/c1-18-10-3-2-9(8-17)14(7-10)19-11-4-5-13(16)12(15)6-11/h2-7H,8,17H2,1H3. The first-order valence-electron chi connectivity index (χ1n) is 5.64. The Hall–Kier alpha value is -1.78.